The molecule has 0 N–H and O–H groups in total. The maximum atomic E-state index is 13.2. The van der Waals surface area contributed by atoms with Crippen LogP contribution in [0.2, 0.25) is 0 Å². The molecule has 0 bridgehead atoms. The molecular weight excluding hydrogens is 432 g/mol. The lowest BCUT2D eigenvalue weighted by Crippen LogP contribution is -2.13. The molecule has 0 atom stereocenters. The van der Waals surface area contributed by atoms with Crippen LogP contribution in [0.25, 0.3) is 17.2 Å². The minimum Gasteiger partial charge on any atom is -0.493 e. The molecule has 0 aliphatic carbocycles. The standard InChI is InChI=1S/C31H38N2O2/c1-24-12-6-8-14-28(24)25-17-19-31(35-21-11-10-20-32(2)3)26(22-25)16-18-30(34)29-15-9-7-13-27(29)23-33(4)5/h6-9,12-19,22H,10-11,20-21,23H2,1-5H3. The van der Waals surface area contributed by atoms with Crippen LogP contribution in [0.3, 0.4) is 0 Å². The monoisotopic (exact) mass is 470 g/mol. The fraction of sp³-hybridized carbons (Fsp3) is 0.323. The van der Waals surface area contributed by atoms with Gasteiger partial charge in [0.1, 0.15) is 5.75 Å². The van der Waals surface area contributed by atoms with Gasteiger partial charge in [0.15, 0.2) is 5.78 Å². The number of hydrogen-bond donors (Lipinski definition) is 0. The molecule has 3 rings (SSSR count). The van der Waals surface area contributed by atoms with Crippen LogP contribution >= 0.6 is 0 Å². The molecular formula is C31H38N2O2. The topological polar surface area (TPSA) is 32.8 Å². The van der Waals surface area contributed by atoms with Gasteiger partial charge in [-0.2, -0.15) is 0 Å². The molecule has 0 aromatic heterocycles. The third-order valence-electron chi connectivity index (χ3n) is 5.91. The third-order valence-corrected chi connectivity index (χ3v) is 5.91. The molecule has 0 heterocycles. The van der Waals surface area contributed by atoms with Crippen LogP contribution in [-0.2, 0) is 6.54 Å². The number of unbranched alkanes of at least 4 members (excludes halogenated alkanes) is 1. The summed E-state index contributed by atoms with van der Waals surface area (Å²) in [6.45, 7) is 4.53. The summed E-state index contributed by atoms with van der Waals surface area (Å²) in [4.78, 5) is 17.4. The molecule has 0 aliphatic heterocycles. The molecule has 3 aromatic rings. The Kier molecular flexibility index (Phi) is 9.83. The molecule has 0 unspecified atom stereocenters. The Morgan fingerprint density at radius 3 is 2.37 bits per heavy atom. The number of carbonyl (C=O) groups is 1. The summed E-state index contributed by atoms with van der Waals surface area (Å²) < 4.78 is 6.17. The second-order valence-electron chi connectivity index (χ2n) is 9.52. The maximum absolute atomic E-state index is 13.2. The van der Waals surface area contributed by atoms with E-state index in [4.69, 9.17) is 4.74 Å². The number of rotatable bonds is 12. The lowest BCUT2D eigenvalue weighted by atomic mass is 9.97. The van der Waals surface area contributed by atoms with Crippen molar-refractivity contribution in [2.75, 3.05) is 41.3 Å². The Morgan fingerprint density at radius 2 is 1.63 bits per heavy atom. The third kappa shape index (κ3) is 7.91. The highest BCUT2D eigenvalue weighted by Crippen LogP contribution is 2.30. The van der Waals surface area contributed by atoms with Crippen molar-refractivity contribution in [3.63, 3.8) is 0 Å². The van der Waals surface area contributed by atoms with Gasteiger partial charge in [0.05, 0.1) is 6.61 Å². The van der Waals surface area contributed by atoms with Gasteiger partial charge >= 0.3 is 0 Å². The second kappa shape index (κ2) is 13.0. The van der Waals surface area contributed by atoms with E-state index in [1.165, 1.54) is 11.1 Å². The van der Waals surface area contributed by atoms with Gasteiger partial charge in [-0.05, 0) is 101 Å². The molecule has 0 saturated carbocycles. The lowest BCUT2D eigenvalue weighted by molar-refractivity contribution is 0.104. The van der Waals surface area contributed by atoms with E-state index in [0.29, 0.717) is 6.61 Å². The first-order chi connectivity index (χ1) is 16.8. The van der Waals surface area contributed by atoms with Gasteiger partial charge in [0.25, 0.3) is 0 Å². The number of nitrogens with zero attached hydrogens (tertiary/aromatic N) is 2. The quantitative estimate of drug-likeness (QED) is 0.176. The van der Waals surface area contributed by atoms with Crippen LogP contribution in [0.4, 0.5) is 0 Å². The number of hydrogen-bond acceptors (Lipinski definition) is 4. The molecule has 35 heavy (non-hydrogen) atoms. The number of carbonyl (C=O) groups excluding carboxylic acids is 1. The number of allylic oxidation sites excluding steroid dienone is 1. The molecule has 3 aromatic carbocycles. The van der Waals surface area contributed by atoms with Gasteiger partial charge in [0.2, 0.25) is 0 Å². The first-order valence-electron chi connectivity index (χ1n) is 12.3. The highest BCUT2D eigenvalue weighted by molar-refractivity contribution is 6.08. The first kappa shape index (κ1) is 26.4. The van der Waals surface area contributed by atoms with Crippen LogP contribution < -0.4 is 4.74 Å². The molecule has 0 fully saturated rings. The van der Waals surface area contributed by atoms with E-state index in [9.17, 15) is 4.79 Å². The molecule has 0 spiro atoms. The number of ether oxygens (including phenoxy) is 1. The van der Waals surface area contributed by atoms with Crippen molar-refractivity contribution in [3.8, 4) is 16.9 Å². The summed E-state index contributed by atoms with van der Waals surface area (Å²) in [7, 11) is 8.19. The molecule has 184 valence electrons. The van der Waals surface area contributed by atoms with E-state index in [2.05, 4.69) is 67.2 Å². The Bertz CT molecular complexity index is 1150. The summed E-state index contributed by atoms with van der Waals surface area (Å²) in [5, 5.41) is 0. The van der Waals surface area contributed by atoms with Crippen molar-refractivity contribution in [1.29, 1.82) is 0 Å². The minimum atomic E-state index is 0.000628. The molecule has 0 amide bonds. The Morgan fingerprint density at radius 1 is 0.886 bits per heavy atom. The summed E-state index contributed by atoms with van der Waals surface area (Å²) in [5.74, 6) is 0.804. The predicted octanol–water partition coefficient (Wildman–Crippen LogP) is 6.34. The second-order valence-corrected chi connectivity index (χ2v) is 9.52. The fourth-order valence-corrected chi connectivity index (χ4v) is 4.08. The minimum absolute atomic E-state index is 0.000628. The molecule has 4 nitrogen and oxygen atoms in total. The zero-order chi connectivity index (χ0) is 25.2. The first-order valence-corrected chi connectivity index (χ1v) is 12.3. The summed E-state index contributed by atoms with van der Waals surface area (Å²) in [5.41, 5.74) is 6.19. The van der Waals surface area contributed by atoms with E-state index in [1.807, 2.05) is 50.5 Å². The normalized spacial score (nSPS) is 11.5. The Labute approximate surface area is 210 Å². The van der Waals surface area contributed by atoms with Gasteiger partial charge in [-0.3, -0.25) is 4.79 Å². The SMILES string of the molecule is Cc1ccccc1-c1ccc(OCCCCN(C)C)c(C=CC(=O)c2ccccc2CN(C)C)c1. The van der Waals surface area contributed by atoms with Crippen molar-refractivity contribution in [3.05, 3.63) is 95.1 Å². The van der Waals surface area contributed by atoms with E-state index >= 15 is 0 Å². The van der Waals surface area contributed by atoms with E-state index < -0.39 is 0 Å². The van der Waals surface area contributed by atoms with E-state index in [0.717, 1.165) is 53.9 Å². The average Bonchev–Trinajstić information content (AvgIpc) is 2.83. The molecule has 0 saturated heterocycles. The van der Waals surface area contributed by atoms with Gasteiger partial charge in [-0.25, -0.2) is 0 Å². The lowest BCUT2D eigenvalue weighted by Gasteiger charge is -2.14. The van der Waals surface area contributed by atoms with Crippen LogP contribution in [0.1, 0.15) is 39.9 Å². The highest BCUT2D eigenvalue weighted by atomic mass is 16.5. The molecule has 4 heteroatoms. The number of aryl methyl sites for hydroxylation is 1. The molecule has 0 aliphatic rings. The van der Waals surface area contributed by atoms with Crippen molar-refractivity contribution < 1.29 is 9.53 Å². The summed E-state index contributed by atoms with van der Waals surface area (Å²) in [6.07, 6.45) is 5.63. The summed E-state index contributed by atoms with van der Waals surface area (Å²) in [6, 6.07) is 22.4. The van der Waals surface area contributed by atoms with Crippen LogP contribution in [0.15, 0.2) is 72.8 Å². The zero-order valence-corrected chi connectivity index (χ0v) is 21.8. The van der Waals surface area contributed by atoms with Crippen molar-refractivity contribution in [1.82, 2.24) is 9.80 Å². The maximum Gasteiger partial charge on any atom is 0.186 e. The van der Waals surface area contributed by atoms with Crippen molar-refractivity contribution in [2.45, 2.75) is 26.3 Å². The predicted molar refractivity (Wildman–Crippen MR) is 147 cm³/mol. The van der Waals surface area contributed by atoms with E-state index in [-0.39, 0.29) is 5.78 Å². The van der Waals surface area contributed by atoms with Crippen LogP contribution in [0.5, 0.6) is 5.75 Å². The highest BCUT2D eigenvalue weighted by Gasteiger charge is 2.11. The number of benzene rings is 3. The smallest absolute Gasteiger partial charge is 0.186 e. The van der Waals surface area contributed by atoms with Crippen LogP contribution in [0, 0.1) is 6.92 Å². The Hall–Kier alpha value is -3.21. The van der Waals surface area contributed by atoms with Gasteiger partial charge in [-0.15, -0.1) is 0 Å². The van der Waals surface area contributed by atoms with Crippen LogP contribution in [-0.4, -0.2) is 56.9 Å². The summed E-state index contributed by atoms with van der Waals surface area (Å²) >= 11 is 0. The van der Waals surface area contributed by atoms with Gasteiger partial charge in [-0.1, -0.05) is 54.6 Å². The largest absolute Gasteiger partial charge is 0.493 e. The van der Waals surface area contributed by atoms with Gasteiger partial charge < -0.3 is 14.5 Å². The molecule has 0 radical (unpaired) electrons. The zero-order valence-electron chi connectivity index (χ0n) is 21.8. The van der Waals surface area contributed by atoms with Crippen molar-refractivity contribution >= 4 is 11.9 Å². The van der Waals surface area contributed by atoms with Gasteiger partial charge in [0, 0.05) is 17.7 Å². The average molecular weight is 471 g/mol. The van der Waals surface area contributed by atoms with Crippen molar-refractivity contribution in [2.24, 2.45) is 0 Å². The fourth-order valence-electron chi connectivity index (χ4n) is 4.08. The Balaban J connectivity index is 1.87. The number of ketones is 1. The van der Waals surface area contributed by atoms with E-state index in [1.54, 1.807) is 6.08 Å².